The van der Waals surface area contributed by atoms with Gasteiger partial charge in [0.15, 0.2) is 0 Å². The van der Waals surface area contributed by atoms with Crippen LogP contribution in [0, 0.1) is 0 Å². The van der Waals surface area contributed by atoms with E-state index in [1.54, 1.807) is 0 Å². The summed E-state index contributed by atoms with van der Waals surface area (Å²) in [5, 5.41) is 12.2. The van der Waals surface area contributed by atoms with E-state index in [4.69, 9.17) is 5.11 Å². The van der Waals surface area contributed by atoms with Crippen molar-refractivity contribution in [3.63, 3.8) is 0 Å². The number of carbonyl (C=O) groups is 1. The maximum atomic E-state index is 10.6. The van der Waals surface area contributed by atoms with Gasteiger partial charge < -0.3 is 15.3 Å². The van der Waals surface area contributed by atoms with Crippen molar-refractivity contribution in [2.24, 2.45) is 0 Å². The fourth-order valence-electron chi connectivity index (χ4n) is 1.98. The summed E-state index contributed by atoms with van der Waals surface area (Å²) in [5.74, 6) is 0. The first-order chi connectivity index (χ1) is 6.25. The minimum absolute atomic E-state index is 0.404. The summed E-state index contributed by atoms with van der Waals surface area (Å²) in [5.41, 5.74) is 0. The zero-order valence-electron chi connectivity index (χ0n) is 7.70. The number of carboxylic acid groups (broad SMARTS) is 1. The Morgan fingerprint density at radius 3 is 2.54 bits per heavy atom. The van der Waals surface area contributed by atoms with Gasteiger partial charge in [-0.05, 0) is 19.3 Å². The summed E-state index contributed by atoms with van der Waals surface area (Å²) >= 11 is 0. The molecular formula is C9H16N2O2. The number of rotatable bonds is 2. The Balaban J connectivity index is 1.74. The minimum Gasteiger partial charge on any atom is -0.465 e. The SMILES string of the molecule is O=C(O)N1CC[C@H](NC2CCC2)C1. The molecule has 1 aliphatic carbocycles. The van der Waals surface area contributed by atoms with Gasteiger partial charge in [0.25, 0.3) is 0 Å². The van der Waals surface area contributed by atoms with Crippen LogP contribution in [-0.4, -0.2) is 41.3 Å². The van der Waals surface area contributed by atoms with Crippen molar-refractivity contribution in [1.82, 2.24) is 10.2 Å². The zero-order chi connectivity index (χ0) is 9.26. The van der Waals surface area contributed by atoms with Crippen LogP contribution in [-0.2, 0) is 0 Å². The average molecular weight is 184 g/mol. The molecule has 74 valence electrons. The molecule has 1 amide bonds. The lowest BCUT2D eigenvalue weighted by atomic mass is 9.92. The van der Waals surface area contributed by atoms with E-state index in [0.717, 1.165) is 6.42 Å². The summed E-state index contributed by atoms with van der Waals surface area (Å²) in [6.45, 7) is 1.37. The highest BCUT2D eigenvalue weighted by atomic mass is 16.4. The first kappa shape index (κ1) is 8.81. The maximum absolute atomic E-state index is 10.6. The third-order valence-corrected chi connectivity index (χ3v) is 3.04. The van der Waals surface area contributed by atoms with Crippen LogP contribution in [0.4, 0.5) is 4.79 Å². The standard InChI is InChI=1S/C9H16N2O2/c12-9(13)11-5-4-8(6-11)10-7-2-1-3-7/h7-8,10H,1-6H2,(H,12,13)/t8-/m0/s1. The van der Waals surface area contributed by atoms with Crippen LogP contribution in [0.3, 0.4) is 0 Å². The smallest absolute Gasteiger partial charge is 0.407 e. The second-order valence-electron chi connectivity index (χ2n) is 4.01. The predicted octanol–water partition coefficient (Wildman–Crippen LogP) is 0.881. The normalized spacial score (nSPS) is 28.9. The fourth-order valence-corrected chi connectivity index (χ4v) is 1.98. The number of nitrogens with zero attached hydrogens (tertiary/aromatic N) is 1. The van der Waals surface area contributed by atoms with Crippen LogP contribution < -0.4 is 5.32 Å². The van der Waals surface area contributed by atoms with Gasteiger partial charge in [-0.1, -0.05) is 6.42 Å². The summed E-state index contributed by atoms with van der Waals surface area (Å²) in [7, 11) is 0. The Bertz CT molecular complexity index is 204. The van der Waals surface area contributed by atoms with Gasteiger partial charge in [0.2, 0.25) is 0 Å². The largest absolute Gasteiger partial charge is 0.465 e. The Labute approximate surface area is 77.9 Å². The van der Waals surface area contributed by atoms with Crippen LogP contribution >= 0.6 is 0 Å². The van der Waals surface area contributed by atoms with Gasteiger partial charge in [-0.15, -0.1) is 0 Å². The van der Waals surface area contributed by atoms with Gasteiger partial charge >= 0.3 is 6.09 Å². The summed E-state index contributed by atoms with van der Waals surface area (Å²) in [4.78, 5) is 12.1. The van der Waals surface area contributed by atoms with Crippen LogP contribution in [0.2, 0.25) is 0 Å². The molecule has 4 nitrogen and oxygen atoms in total. The topological polar surface area (TPSA) is 52.6 Å². The van der Waals surface area contributed by atoms with E-state index in [-0.39, 0.29) is 0 Å². The number of likely N-dealkylation sites (tertiary alicyclic amines) is 1. The van der Waals surface area contributed by atoms with Crippen molar-refractivity contribution in [2.45, 2.75) is 37.8 Å². The van der Waals surface area contributed by atoms with E-state index in [0.29, 0.717) is 25.2 Å². The van der Waals surface area contributed by atoms with Crippen molar-refractivity contribution in [1.29, 1.82) is 0 Å². The molecule has 0 aromatic rings. The highest BCUT2D eigenvalue weighted by molar-refractivity contribution is 5.65. The summed E-state index contributed by atoms with van der Waals surface area (Å²) in [6.07, 6.45) is 4.06. The highest BCUT2D eigenvalue weighted by Gasteiger charge is 2.28. The molecule has 2 rings (SSSR count). The highest BCUT2D eigenvalue weighted by Crippen LogP contribution is 2.20. The van der Waals surface area contributed by atoms with Crippen LogP contribution in [0.25, 0.3) is 0 Å². The maximum Gasteiger partial charge on any atom is 0.407 e. The van der Waals surface area contributed by atoms with E-state index in [2.05, 4.69) is 5.32 Å². The van der Waals surface area contributed by atoms with Crippen LogP contribution in [0.15, 0.2) is 0 Å². The number of hydrogen-bond donors (Lipinski definition) is 2. The van der Waals surface area contributed by atoms with E-state index < -0.39 is 6.09 Å². The van der Waals surface area contributed by atoms with Gasteiger partial charge in [0.05, 0.1) is 0 Å². The first-order valence-corrected chi connectivity index (χ1v) is 4.99. The molecule has 1 heterocycles. The molecule has 0 radical (unpaired) electrons. The second kappa shape index (κ2) is 3.54. The monoisotopic (exact) mass is 184 g/mol. The predicted molar refractivity (Wildman–Crippen MR) is 48.8 cm³/mol. The van der Waals surface area contributed by atoms with Crippen molar-refractivity contribution in [2.75, 3.05) is 13.1 Å². The molecule has 2 N–H and O–H groups in total. The van der Waals surface area contributed by atoms with Crippen molar-refractivity contribution in [3.8, 4) is 0 Å². The third-order valence-electron chi connectivity index (χ3n) is 3.04. The van der Waals surface area contributed by atoms with Gasteiger partial charge in [-0.2, -0.15) is 0 Å². The molecule has 0 bridgehead atoms. The van der Waals surface area contributed by atoms with E-state index >= 15 is 0 Å². The molecule has 4 heteroatoms. The molecular weight excluding hydrogens is 168 g/mol. The quantitative estimate of drug-likeness (QED) is 0.670. The minimum atomic E-state index is -0.780. The summed E-state index contributed by atoms with van der Waals surface area (Å²) < 4.78 is 0. The third kappa shape index (κ3) is 1.94. The zero-order valence-corrected chi connectivity index (χ0v) is 7.70. The van der Waals surface area contributed by atoms with E-state index in [9.17, 15) is 4.79 Å². The fraction of sp³-hybridized carbons (Fsp3) is 0.889. The molecule has 0 aromatic carbocycles. The molecule has 2 fully saturated rings. The van der Waals surface area contributed by atoms with Crippen molar-refractivity contribution in [3.05, 3.63) is 0 Å². The van der Waals surface area contributed by atoms with Gasteiger partial charge in [-0.25, -0.2) is 4.79 Å². The molecule has 0 spiro atoms. The lowest BCUT2D eigenvalue weighted by Crippen LogP contribution is -2.44. The van der Waals surface area contributed by atoms with Crippen molar-refractivity contribution < 1.29 is 9.90 Å². The van der Waals surface area contributed by atoms with Gasteiger partial charge in [0.1, 0.15) is 0 Å². The Kier molecular flexibility index (Phi) is 2.40. The summed E-state index contributed by atoms with van der Waals surface area (Å²) in [6, 6.07) is 1.07. The lowest BCUT2D eigenvalue weighted by Gasteiger charge is -2.29. The average Bonchev–Trinajstić information content (AvgIpc) is 2.44. The van der Waals surface area contributed by atoms with Crippen LogP contribution in [0.1, 0.15) is 25.7 Å². The van der Waals surface area contributed by atoms with Crippen molar-refractivity contribution >= 4 is 6.09 Å². The Morgan fingerprint density at radius 2 is 2.08 bits per heavy atom. The van der Waals surface area contributed by atoms with Crippen LogP contribution in [0.5, 0.6) is 0 Å². The molecule has 1 saturated heterocycles. The molecule has 1 atom stereocenters. The lowest BCUT2D eigenvalue weighted by molar-refractivity contribution is 0.154. The number of hydrogen-bond acceptors (Lipinski definition) is 2. The first-order valence-electron chi connectivity index (χ1n) is 4.99. The Hall–Kier alpha value is -0.770. The molecule has 1 aliphatic heterocycles. The number of amides is 1. The second-order valence-corrected chi connectivity index (χ2v) is 4.01. The molecule has 0 aromatic heterocycles. The Morgan fingerprint density at radius 1 is 1.31 bits per heavy atom. The molecule has 0 unspecified atom stereocenters. The van der Waals surface area contributed by atoms with E-state index in [1.165, 1.54) is 24.2 Å². The van der Waals surface area contributed by atoms with Gasteiger partial charge in [0, 0.05) is 25.2 Å². The molecule has 13 heavy (non-hydrogen) atoms. The van der Waals surface area contributed by atoms with Gasteiger partial charge in [-0.3, -0.25) is 0 Å². The molecule has 2 aliphatic rings. The van der Waals surface area contributed by atoms with E-state index in [1.807, 2.05) is 0 Å². The molecule has 1 saturated carbocycles. The number of nitrogens with one attached hydrogen (secondary N) is 1.